The number of hydrogen-bond acceptors (Lipinski definition) is 3. The molecule has 3 heteroatoms. The number of rotatable bonds is 11. The highest BCUT2D eigenvalue weighted by molar-refractivity contribution is 4.90. The average Bonchev–Trinajstić information content (AvgIpc) is 2.99. The van der Waals surface area contributed by atoms with E-state index in [-0.39, 0.29) is 11.9 Å². The van der Waals surface area contributed by atoms with Gasteiger partial charge in [-0.3, -0.25) is 4.90 Å². The Bertz CT molecular complexity index is 438. The molecule has 1 unspecified atom stereocenters. The lowest BCUT2D eigenvalue weighted by molar-refractivity contribution is -0.198. The van der Waals surface area contributed by atoms with Crippen molar-refractivity contribution in [2.45, 2.75) is 97.9 Å². The Hall–Kier alpha value is -0.380. The molecule has 1 saturated carbocycles. The normalized spacial score (nSPS) is 29.1. The minimum Gasteiger partial charge on any atom is -0.347 e. The molecule has 0 aromatic rings. The second-order valence-electron chi connectivity index (χ2n) is 10.1. The summed E-state index contributed by atoms with van der Waals surface area (Å²) >= 11 is 0. The van der Waals surface area contributed by atoms with Crippen molar-refractivity contribution in [3.8, 4) is 0 Å². The summed E-state index contributed by atoms with van der Waals surface area (Å²) in [4.78, 5) is 2.50. The van der Waals surface area contributed by atoms with Gasteiger partial charge in [-0.25, -0.2) is 0 Å². The van der Waals surface area contributed by atoms with Crippen LogP contribution in [0.5, 0.6) is 0 Å². The molecular formula is C24H45NO2. The summed E-state index contributed by atoms with van der Waals surface area (Å²) in [6.45, 7) is 19.8. The van der Waals surface area contributed by atoms with Crippen LogP contribution in [0.15, 0.2) is 12.7 Å². The molecule has 0 bridgehead atoms. The van der Waals surface area contributed by atoms with Gasteiger partial charge in [0.25, 0.3) is 0 Å². The Balaban J connectivity index is 1.78. The van der Waals surface area contributed by atoms with Crippen LogP contribution in [0.1, 0.15) is 86.0 Å². The molecule has 1 aliphatic carbocycles. The largest absolute Gasteiger partial charge is 0.347 e. The van der Waals surface area contributed by atoms with Crippen LogP contribution in [0.4, 0.5) is 0 Å². The topological polar surface area (TPSA) is 21.7 Å². The molecule has 0 aromatic heterocycles. The van der Waals surface area contributed by atoms with E-state index in [9.17, 15) is 0 Å². The number of nitrogens with zero attached hydrogens (tertiary/aromatic N) is 1. The van der Waals surface area contributed by atoms with Gasteiger partial charge in [-0.15, -0.1) is 6.58 Å². The quantitative estimate of drug-likeness (QED) is 0.409. The van der Waals surface area contributed by atoms with Gasteiger partial charge in [0.2, 0.25) is 0 Å². The third kappa shape index (κ3) is 6.87. The maximum absolute atomic E-state index is 6.49. The molecule has 3 nitrogen and oxygen atoms in total. The molecule has 1 heterocycles. The van der Waals surface area contributed by atoms with Crippen molar-refractivity contribution in [1.82, 2.24) is 4.90 Å². The Kier molecular flexibility index (Phi) is 8.83. The van der Waals surface area contributed by atoms with Crippen LogP contribution in [0.25, 0.3) is 0 Å². The van der Waals surface area contributed by atoms with E-state index in [0.29, 0.717) is 5.41 Å². The van der Waals surface area contributed by atoms with Crippen LogP contribution in [0, 0.1) is 17.3 Å². The van der Waals surface area contributed by atoms with E-state index < -0.39 is 0 Å². The molecule has 27 heavy (non-hydrogen) atoms. The summed E-state index contributed by atoms with van der Waals surface area (Å²) in [6.07, 6.45) is 11.8. The van der Waals surface area contributed by atoms with E-state index in [1.54, 1.807) is 0 Å². The van der Waals surface area contributed by atoms with Crippen molar-refractivity contribution in [3.63, 3.8) is 0 Å². The molecule has 1 aliphatic heterocycles. The van der Waals surface area contributed by atoms with Crippen LogP contribution < -0.4 is 0 Å². The van der Waals surface area contributed by atoms with E-state index in [1.807, 2.05) is 6.08 Å². The summed E-state index contributed by atoms with van der Waals surface area (Å²) in [7, 11) is 0. The van der Waals surface area contributed by atoms with Gasteiger partial charge in [-0.1, -0.05) is 47.1 Å². The van der Waals surface area contributed by atoms with E-state index in [2.05, 4.69) is 46.1 Å². The maximum Gasteiger partial charge on any atom is 0.168 e. The molecule has 1 spiro atoms. The fourth-order valence-electron chi connectivity index (χ4n) is 5.26. The average molecular weight is 380 g/mol. The van der Waals surface area contributed by atoms with Crippen molar-refractivity contribution < 1.29 is 9.47 Å². The number of ether oxygens (including phenoxy) is 2. The van der Waals surface area contributed by atoms with E-state index in [1.165, 1.54) is 32.1 Å². The summed E-state index contributed by atoms with van der Waals surface area (Å²) in [5, 5.41) is 0. The molecule has 158 valence electrons. The first kappa shape index (κ1) is 22.9. The Morgan fingerprint density at radius 2 is 1.93 bits per heavy atom. The first-order valence-corrected chi connectivity index (χ1v) is 11.5. The molecule has 2 aliphatic rings. The highest BCUT2D eigenvalue weighted by Crippen LogP contribution is 2.48. The van der Waals surface area contributed by atoms with Crippen molar-refractivity contribution in [2.24, 2.45) is 17.3 Å². The third-order valence-corrected chi connectivity index (χ3v) is 6.68. The van der Waals surface area contributed by atoms with Gasteiger partial charge in [0.1, 0.15) is 0 Å². The first-order valence-electron chi connectivity index (χ1n) is 11.5. The molecular weight excluding hydrogens is 334 g/mol. The summed E-state index contributed by atoms with van der Waals surface area (Å²) < 4.78 is 12.7. The molecule has 2 fully saturated rings. The van der Waals surface area contributed by atoms with Crippen molar-refractivity contribution in [2.75, 3.05) is 26.2 Å². The van der Waals surface area contributed by atoms with Crippen LogP contribution in [-0.2, 0) is 9.47 Å². The van der Waals surface area contributed by atoms with Gasteiger partial charge in [-0.05, 0) is 55.9 Å². The Morgan fingerprint density at radius 1 is 1.22 bits per heavy atom. The van der Waals surface area contributed by atoms with Gasteiger partial charge < -0.3 is 9.47 Å². The smallest absolute Gasteiger partial charge is 0.168 e. The molecule has 1 saturated heterocycles. The summed E-state index contributed by atoms with van der Waals surface area (Å²) in [5.41, 5.74) is 0.429. The van der Waals surface area contributed by atoms with Crippen molar-refractivity contribution >= 4 is 0 Å². The van der Waals surface area contributed by atoms with Crippen molar-refractivity contribution in [1.29, 1.82) is 0 Å². The van der Waals surface area contributed by atoms with E-state index in [0.717, 1.165) is 57.3 Å². The predicted octanol–water partition coefficient (Wildman–Crippen LogP) is 6.04. The first-order chi connectivity index (χ1) is 12.8. The van der Waals surface area contributed by atoms with Crippen LogP contribution >= 0.6 is 0 Å². The molecule has 0 radical (unpaired) electrons. The SMILES string of the molecule is C=CCN(CCCC)CCC1COC2(CCC(C(C)(C)CC(C)C)CC2)O1. The summed E-state index contributed by atoms with van der Waals surface area (Å²) in [6, 6.07) is 0. The molecule has 0 aromatic carbocycles. The minimum absolute atomic E-state index is 0.263. The summed E-state index contributed by atoms with van der Waals surface area (Å²) in [5.74, 6) is 1.29. The highest BCUT2D eigenvalue weighted by Gasteiger charge is 2.46. The minimum atomic E-state index is -0.276. The standard InChI is InChI=1S/C24H45NO2/c1-7-9-16-25(15-8-2)17-12-22-19-26-24(27-22)13-10-21(11-14-24)23(5,6)18-20(3)4/h8,20-22H,2,7,9-19H2,1,3-6H3. The van der Waals surface area contributed by atoms with Crippen LogP contribution in [0.3, 0.4) is 0 Å². The van der Waals surface area contributed by atoms with E-state index >= 15 is 0 Å². The lowest BCUT2D eigenvalue weighted by Crippen LogP contribution is -2.40. The fourth-order valence-corrected chi connectivity index (χ4v) is 5.26. The second-order valence-corrected chi connectivity index (χ2v) is 10.1. The van der Waals surface area contributed by atoms with Crippen LogP contribution in [-0.4, -0.2) is 43.0 Å². The molecule has 1 atom stereocenters. The van der Waals surface area contributed by atoms with Crippen molar-refractivity contribution in [3.05, 3.63) is 12.7 Å². The lowest BCUT2D eigenvalue weighted by atomic mass is 9.66. The van der Waals surface area contributed by atoms with Gasteiger partial charge in [0.05, 0.1) is 12.7 Å². The van der Waals surface area contributed by atoms with E-state index in [4.69, 9.17) is 9.47 Å². The molecule has 2 rings (SSSR count). The zero-order chi connectivity index (χ0) is 19.9. The Labute approximate surface area is 168 Å². The highest BCUT2D eigenvalue weighted by atomic mass is 16.7. The molecule has 0 N–H and O–H groups in total. The van der Waals surface area contributed by atoms with Gasteiger partial charge in [-0.2, -0.15) is 0 Å². The monoisotopic (exact) mass is 379 g/mol. The number of hydrogen-bond donors (Lipinski definition) is 0. The molecule has 0 amide bonds. The number of unbranched alkanes of at least 4 members (excludes halogenated alkanes) is 1. The zero-order valence-corrected chi connectivity index (χ0v) is 18.8. The zero-order valence-electron chi connectivity index (χ0n) is 18.8. The van der Waals surface area contributed by atoms with Gasteiger partial charge in [0, 0.05) is 25.9 Å². The van der Waals surface area contributed by atoms with Gasteiger partial charge >= 0.3 is 0 Å². The third-order valence-electron chi connectivity index (χ3n) is 6.68. The lowest BCUT2D eigenvalue weighted by Gasteiger charge is -2.43. The fraction of sp³-hybridized carbons (Fsp3) is 0.917. The Morgan fingerprint density at radius 3 is 2.52 bits per heavy atom. The van der Waals surface area contributed by atoms with Gasteiger partial charge in [0.15, 0.2) is 5.79 Å². The second kappa shape index (κ2) is 10.4. The predicted molar refractivity (Wildman–Crippen MR) is 115 cm³/mol. The maximum atomic E-state index is 6.49. The van der Waals surface area contributed by atoms with Crippen LogP contribution in [0.2, 0.25) is 0 Å².